The van der Waals surface area contributed by atoms with Crippen LogP contribution in [-0.2, 0) is 13.2 Å². The molecular formula is C15H15F2NO. The van der Waals surface area contributed by atoms with Gasteiger partial charge in [0.1, 0.15) is 24.0 Å². The normalized spacial score (nSPS) is 10.5. The lowest BCUT2D eigenvalue weighted by molar-refractivity contribution is 0.302. The van der Waals surface area contributed by atoms with Gasteiger partial charge >= 0.3 is 0 Å². The van der Waals surface area contributed by atoms with Gasteiger partial charge in [0.15, 0.2) is 0 Å². The highest BCUT2D eigenvalue weighted by molar-refractivity contribution is 5.33. The third kappa shape index (κ3) is 3.29. The van der Waals surface area contributed by atoms with Crippen LogP contribution in [0.5, 0.6) is 5.75 Å². The number of halogens is 2. The van der Waals surface area contributed by atoms with Crippen molar-refractivity contribution in [1.29, 1.82) is 0 Å². The smallest absolute Gasteiger partial charge is 0.127 e. The van der Waals surface area contributed by atoms with Crippen molar-refractivity contribution in [2.75, 3.05) is 0 Å². The molecule has 2 nitrogen and oxygen atoms in total. The van der Waals surface area contributed by atoms with Crippen LogP contribution in [0.25, 0.3) is 0 Å². The van der Waals surface area contributed by atoms with Crippen LogP contribution in [0, 0.1) is 18.6 Å². The second-order valence-electron chi connectivity index (χ2n) is 4.33. The van der Waals surface area contributed by atoms with Crippen LogP contribution in [0.15, 0.2) is 36.4 Å². The van der Waals surface area contributed by atoms with Gasteiger partial charge < -0.3 is 10.5 Å². The third-order valence-corrected chi connectivity index (χ3v) is 2.87. The molecule has 2 aromatic carbocycles. The Labute approximate surface area is 110 Å². The molecule has 100 valence electrons. The minimum absolute atomic E-state index is 0.138. The van der Waals surface area contributed by atoms with Gasteiger partial charge in [0.2, 0.25) is 0 Å². The first-order valence-corrected chi connectivity index (χ1v) is 5.96. The van der Waals surface area contributed by atoms with E-state index in [0.717, 1.165) is 11.1 Å². The fourth-order valence-corrected chi connectivity index (χ4v) is 1.76. The minimum Gasteiger partial charge on any atom is -0.489 e. The molecule has 0 fully saturated rings. The van der Waals surface area contributed by atoms with Crippen LogP contribution in [0.4, 0.5) is 8.78 Å². The van der Waals surface area contributed by atoms with Crippen molar-refractivity contribution < 1.29 is 13.5 Å². The van der Waals surface area contributed by atoms with Gasteiger partial charge in [-0.15, -0.1) is 0 Å². The van der Waals surface area contributed by atoms with Crippen LogP contribution in [-0.4, -0.2) is 0 Å². The summed E-state index contributed by atoms with van der Waals surface area (Å²) in [4.78, 5) is 0. The maximum absolute atomic E-state index is 13.3. The molecule has 19 heavy (non-hydrogen) atoms. The second kappa shape index (κ2) is 5.80. The average molecular weight is 263 g/mol. The van der Waals surface area contributed by atoms with E-state index in [0.29, 0.717) is 11.3 Å². The highest BCUT2D eigenvalue weighted by atomic mass is 19.1. The van der Waals surface area contributed by atoms with Crippen molar-refractivity contribution in [1.82, 2.24) is 0 Å². The number of rotatable bonds is 4. The quantitative estimate of drug-likeness (QED) is 0.918. The Balaban J connectivity index is 2.12. The molecular weight excluding hydrogens is 248 g/mol. The Morgan fingerprint density at radius 3 is 2.63 bits per heavy atom. The summed E-state index contributed by atoms with van der Waals surface area (Å²) in [6.45, 7) is 2.22. The minimum atomic E-state index is -0.345. The zero-order valence-corrected chi connectivity index (χ0v) is 10.6. The molecule has 0 aliphatic carbocycles. The molecule has 2 N–H and O–H groups in total. The zero-order chi connectivity index (χ0) is 13.8. The standard InChI is InChI=1S/C15H15F2NO/c1-10-2-4-13(16)7-15(10)19-9-11-3-5-14(17)12(6-11)8-18/h2-7H,8-9,18H2,1H3. The Bertz CT molecular complexity index is 584. The third-order valence-electron chi connectivity index (χ3n) is 2.87. The largest absolute Gasteiger partial charge is 0.489 e. The van der Waals surface area contributed by atoms with Gasteiger partial charge in [-0.2, -0.15) is 0 Å². The van der Waals surface area contributed by atoms with Crippen LogP contribution in [0.1, 0.15) is 16.7 Å². The summed E-state index contributed by atoms with van der Waals surface area (Å²) >= 11 is 0. The topological polar surface area (TPSA) is 35.2 Å². The molecule has 0 aliphatic rings. The predicted molar refractivity (Wildman–Crippen MR) is 69.8 cm³/mol. The molecule has 0 aromatic heterocycles. The molecule has 0 heterocycles. The van der Waals surface area contributed by atoms with E-state index in [2.05, 4.69) is 0 Å². The second-order valence-corrected chi connectivity index (χ2v) is 4.33. The van der Waals surface area contributed by atoms with Crippen molar-refractivity contribution in [2.45, 2.75) is 20.1 Å². The molecule has 0 unspecified atom stereocenters. The summed E-state index contributed by atoms with van der Waals surface area (Å²) in [6, 6.07) is 9.02. The number of hydrogen-bond acceptors (Lipinski definition) is 2. The number of aryl methyl sites for hydroxylation is 1. The lowest BCUT2D eigenvalue weighted by Crippen LogP contribution is -2.03. The molecule has 0 atom stereocenters. The maximum Gasteiger partial charge on any atom is 0.127 e. The molecule has 0 amide bonds. The van der Waals surface area contributed by atoms with Gasteiger partial charge in [-0.3, -0.25) is 0 Å². The molecule has 0 saturated heterocycles. The molecule has 0 radical (unpaired) electrons. The van der Waals surface area contributed by atoms with Gasteiger partial charge in [0.25, 0.3) is 0 Å². The number of ether oxygens (including phenoxy) is 1. The van der Waals surface area contributed by atoms with E-state index < -0.39 is 0 Å². The van der Waals surface area contributed by atoms with Gasteiger partial charge in [-0.05, 0) is 36.2 Å². The average Bonchev–Trinajstić information content (AvgIpc) is 2.41. The van der Waals surface area contributed by atoms with Gasteiger partial charge in [0.05, 0.1) is 0 Å². The van der Waals surface area contributed by atoms with E-state index >= 15 is 0 Å². The number of benzene rings is 2. The summed E-state index contributed by atoms with van der Waals surface area (Å²) in [5.41, 5.74) is 7.53. The Kier molecular flexibility index (Phi) is 4.12. The summed E-state index contributed by atoms with van der Waals surface area (Å²) in [6.07, 6.45) is 0. The van der Waals surface area contributed by atoms with Crippen LogP contribution in [0.3, 0.4) is 0 Å². The van der Waals surface area contributed by atoms with Gasteiger partial charge in [-0.25, -0.2) is 8.78 Å². The molecule has 0 aliphatic heterocycles. The number of hydrogen-bond donors (Lipinski definition) is 1. The fourth-order valence-electron chi connectivity index (χ4n) is 1.76. The van der Waals surface area contributed by atoms with Crippen LogP contribution >= 0.6 is 0 Å². The first kappa shape index (κ1) is 13.5. The molecule has 2 rings (SSSR count). The lowest BCUT2D eigenvalue weighted by atomic mass is 10.1. The maximum atomic E-state index is 13.3. The van der Waals surface area contributed by atoms with Gasteiger partial charge in [-0.1, -0.05) is 12.1 Å². The van der Waals surface area contributed by atoms with Crippen molar-refractivity contribution >= 4 is 0 Å². The van der Waals surface area contributed by atoms with E-state index in [4.69, 9.17) is 10.5 Å². The highest BCUT2D eigenvalue weighted by Crippen LogP contribution is 2.20. The first-order valence-electron chi connectivity index (χ1n) is 5.96. The summed E-state index contributed by atoms with van der Waals surface area (Å²) in [5.74, 6) is -0.186. The first-order chi connectivity index (χ1) is 9.10. The van der Waals surface area contributed by atoms with Crippen molar-refractivity contribution in [3.05, 3.63) is 64.7 Å². The molecule has 2 aromatic rings. The van der Waals surface area contributed by atoms with Gasteiger partial charge in [0, 0.05) is 18.2 Å². The Hall–Kier alpha value is -1.94. The fraction of sp³-hybridized carbons (Fsp3) is 0.200. The van der Waals surface area contributed by atoms with E-state index in [1.54, 1.807) is 18.2 Å². The molecule has 0 spiro atoms. The van der Waals surface area contributed by atoms with E-state index in [1.807, 2.05) is 6.92 Å². The predicted octanol–water partition coefficient (Wildman–Crippen LogP) is 3.31. The monoisotopic (exact) mass is 263 g/mol. The zero-order valence-electron chi connectivity index (χ0n) is 10.6. The Morgan fingerprint density at radius 2 is 1.89 bits per heavy atom. The van der Waals surface area contributed by atoms with E-state index in [9.17, 15) is 8.78 Å². The van der Waals surface area contributed by atoms with E-state index in [-0.39, 0.29) is 24.8 Å². The molecule has 4 heteroatoms. The lowest BCUT2D eigenvalue weighted by Gasteiger charge is -2.10. The summed E-state index contributed by atoms with van der Waals surface area (Å²) < 4.78 is 31.9. The number of nitrogens with two attached hydrogens (primary N) is 1. The SMILES string of the molecule is Cc1ccc(F)cc1OCc1ccc(F)c(CN)c1. The van der Waals surface area contributed by atoms with Crippen LogP contribution in [0.2, 0.25) is 0 Å². The van der Waals surface area contributed by atoms with E-state index in [1.165, 1.54) is 18.2 Å². The summed E-state index contributed by atoms with van der Waals surface area (Å²) in [7, 11) is 0. The molecule has 0 saturated carbocycles. The molecule has 0 bridgehead atoms. The summed E-state index contributed by atoms with van der Waals surface area (Å²) in [5, 5.41) is 0. The van der Waals surface area contributed by atoms with Crippen molar-refractivity contribution in [3.63, 3.8) is 0 Å². The van der Waals surface area contributed by atoms with Crippen molar-refractivity contribution in [3.8, 4) is 5.75 Å². The Morgan fingerprint density at radius 1 is 1.11 bits per heavy atom. The van der Waals surface area contributed by atoms with Crippen LogP contribution < -0.4 is 10.5 Å². The highest BCUT2D eigenvalue weighted by Gasteiger charge is 2.05. The van der Waals surface area contributed by atoms with Crippen molar-refractivity contribution in [2.24, 2.45) is 5.73 Å².